The van der Waals surface area contributed by atoms with E-state index in [1.54, 1.807) is 6.08 Å². The molecular formula is C9H12O4. The molecule has 1 N–H and O–H groups in total. The minimum Gasteiger partial charge on any atom is -0.481 e. The van der Waals surface area contributed by atoms with Crippen molar-refractivity contribution < 1.29 is 19.4 Å². The Hall–Kier alpha value is -1.32. The zero-order valence-electron chi connectivity index (χ0n) is 7.45. The zero-order valence-corrected chi connectivity index (χ0v) is 7.45. The first-order valence-electron chi connectivity index (χ1n) is 4.15. The maximum Gasteiger partial charge on any atom is 0.333 e. The van der Waals surface area contributed by atoms with Crippen molar-refractivity contribution in [2.75, 3.05) is 7.11 Å². The van der Waals surface area contributed by atoms with Gasteiger partial charge in [0.25, 0.3) is 0 Å². The highest BCUT2D eigenvalue weighted by Crippen LogP contribution is 2.24. The molecule has 0 fully saturated rings. The summed E-state index contributed by atoms with van der Waals surface area (Å²) in [6.07, 6.45) is 3.12. The molecule has 0 heterocycles. The van der Waals surface area contributed by atoms with Crippen LogP contribution in [0.2, 0.25) is 0 Å². The van der Waals surface area contributed by atoms with Gasteiger partial charge in [-0.2, -0.15) is 0 Å². The van der Waals surface area contributed by atoms with E-state index in [9.17, 15) is 9.59 Å². The van der Waals surface area contributed by atoms with Gasteiger partial charge in [0.2, 0.25) is 0 Å². The van der Waals surface area contributed by atoms with Crippen molar-refractivity contribution in [3.63, 3.8) is 0 Å². The quantitative estimate of drug-likeness (QED) is 0.649. The molecule has 0 saturated heterocycles. The topological polar surface area (TPSA) is 63.6 Å². The largest absolute Gasteiger partial charge is 0.481 e. The minimum atomic E-state index is -0.792. The van der Waals surface area contributed by atoms with E-state index >= 15 is 0 Å². The van der Waals surface area contributed by atoms with E-state index in [0.717, 1.165) is 0 Å². The van der Waals surface area contributed by atoms with Gasteiger partial charge in [-0.05, 0) is 19.3 Å². The third-order valence-corrected chi connectivity index (χ3v) is 2.21. The van der Waals surface area contributed by atoms with Gasteiger partial charge in [0.1, 0.15) is 0 Å². The molecule has 4 nitrogen and oxygen atoms in total. The number of hydrogen-bond donors (Lipinski definition) is 1. The summed E-state index contributed by atoms with van der Waals surface area (Å²) in [5, 5.41) is 8.67. The van der Waals surface area contributed by atoms with Crippen molar-refractivity contribution in [2.45, 2.75) is 19.3 Å². The second kappa shape index (κ2) is 4.07. The molecule has 0 radical (unpaired) electrons. The van der Waals surface area contributed by atoms with Crippen molar-refractivity contribution in [3.8, 4) is 0 Å². The van der Waals surface area contributed by atoms with Crippen molar-refractivity contribution in [3.05, 3.63) is 11.6 Å². The first-order chi connectivity index (χ1) is 6.15. The fourth-order valence-electron chi connectivity index (χ4n) is 1.37. The summed E-state index contributed by atoms with van der Waals surface area (Å²) >= 11 is 0. The van der Waals surface area contributed by atoms with Gasteiger partial charge >= 0.3 is 11.9 Å². The number of aliphatic carboxylic acids is 1. The third-order valence-electron chi connectivity index (χ3n) is 2.21. The molecule has 1 aliphatic carbocycles. The van der Waals surface area contributed by atoms with E-state index < -0.39 is 5.97 Å². The Labute approximate surface area is 76.2 Å². The van der Waals surface area contributed by atoms with Gasteiger partial charge in [0.15, 0.2) is 0 Å². The number of rotatable bonds is 2. The smallest absolute Gasteiger partial charge is 0.333 e. The summed E-state index contributed by atoms with van der Waals surface area (Å²) < 4.78 is 4.53. The van der Waals surface area contributed by atoms with Crippen LogP contribution in [-0.4, -0.2) is 24.2 Å². The van der Waals surface area contributed by atoms with Crippen LogP contribution >= 0.6 is 0 Å². The molecule has 0 aromatic heterocycles. The number of hydrogen-bond acceptors (Lipinski definition) is 3. The van der Waals surface area contributed by atoms with E-state index in [4.69, 9.17) is 5.11 Å². The molecular weight excluding hydrogens is 172 g/mol. The Balaban J connectivity index is 2.57. The number of methoxy groups -OCH3 is 1. The van der Waals surface area contributed by atoms with Crippen LogP contribution in [0.15, 0.2) is 11.6 Å². The van der Waals surface area contributed by atoms with Crippen LogP contribution < -0.4 is 0 Å². The van der Waals surface area contributed by atoms with E-state index in [2.05, 4.69) is 4.74 Å². The predicted octanol–water partition coefficient (Wildman–Crippen LogP) is 0.970. The number of carbonyl (C=O) groups is 2. The third kappa shape index (κ3) is 2.31. The first-order valence-corrected chi connectivity index (χ1v) is 4.15. The fraction of sp³-hybridized carbons (Fsp3) is 0.556. The van der Waals surface area contributed by atoms with Crippen LogP contribution in [0, 0.1) is 5.92 Å². The van der Waals surface area contributed by atoms with Crippen LogP contribution in [0.3, 0.4) is 0 Å². The van der Waals surface area contributed by atoms with Crippen LogP contribution in [0.25, 0.3) is 0 Å². The van der Waals surface area contributed by atoms with Crippen molar-refractivity contribution in [1.29, 1.82) is 0 Å². The van der Waals surface area contributed by atoms with E-state index in [-0.39, 0.29) is 11.9 Å². The maximum absolute atomic E-state index is 11.0. The van der Waals surface area contributed by atoms with Crippen LogP contribution in [0.5, 0.6) is 0 Å². The van der Waals surface area contributed by atoms with E-state index in [1.165, 1.54) is 7.11 Å². The van der Waals surface area contributed by atoms with Gasteiger partial charge < -0.3 is 9.84 Å². The summed E-state index contributed by atoms with van der Waals surface area (Å²) in [7, 11) is 1.33. The number of esters is 1. The average molecular weight is 184 g/mol. The Kier molecular flexibility index (Phi) is 3.06. The Morgan fingerprint density at radius 2 is 2.31 bits per heavy atom. The van der Waals surface area contributed by atoms with Crippen LogP contribution in [-0.2, 0) is 14.3 Å². The molecule has 0 spiro atoms. The van der Waals surface area contributed by atoms with Gasteiger partial charge in [-0.3, -0.25) is 4.79 Å². The Bertz CT molecular complexity index is 254. The van der Waals surface area contributed by atoms with Crippen molar-refractivity contribution in [1.82, 2.24) is 0 Å². The van der Waals surface area contributed by atoms with Gasteiger partial charge in [-0.25, -0.2) is 4.79 Å². The van der Waals surface area contributed by atoms with Crippen LogP contribution in [0.4, 0.5) is 0 Å². The second-order valence-corrected chi connectivity index (χ2v) is 3.03. The minimum absolute atomic E-state index is 0.339. The molecule has 0 aromatic rings. The molecule has 0 aromatic carbocycles. The summed E-state index contributed by atoms with van der Waals surface area (Å²) in [6, 6.07) is 0. The lowest BCUT2D eigenvalue weighted by Crippen LogP contribution is -2.18. The lowest BCUT2D eigenvalue weighted by molar-refractivity contribution is -0.142. The second-order valence-electron chi connectivity index (χ2n) is 3.03. The highest BCUT2D eigenvalue weighted by Gasteiger charge is 2.23. The summed E-state index contributed by atoms with van der Waals surface area (Å²) in [5.41, 5.74) is 0.597. The molecule has 1 rings (SSSR count). The van der Waals surface area contributed by atoms with Gasteiger partial charge in [-0.15, -0.1) is 0 Å². The average Bonchev–Trinajstić information content (AvgIpc) is 2.17. The molecule has 1 aliphatic rings. The SMILES string of the molecule is COC(=O)C1=CCC(C(=O)O)CC1. The molecule has 1 unspecified atom stereocenters. The number of allylic oxidation sites excluding steroid dienone is 1. The summed E-state index contributed by atoms with van der Waals surface area (Å²) in [5.74, 6) is -1.47. The number of ether oxygens (including phenoxy) is 1. The van der Waals surface area contributed by atoms with Gasteiger partial charge in [0.05, 0.1) is 13.0 Å². The normalized spacial score (nSPS) is 21.9. The van der Waals surface area contributed by atoms with Crippen molar-refractivity contribution in [2.24, 2.45) is 5.92 Å². The Morgan fingerprint density at radius 3 is 2.69 bits per heavy atom. The lowest BCUT2D eigenvalue weighted by Gasteiger charge is -2.16. The van der Waals surface area contributed by atoms with Crippen molar-refractivity contribution >= 4 is 11.9 Å². The standard InChI is InChI=1S/C9H12O4/c1-13-9(12)7-4-2-6(3-5-7)8(10)11/h4,6H,2-3,5H2,1H3,(H,10,11). The molecule has 0 saturated carbocycles. The molecule has 13 heavy (non-hydrogen) atoms. The predicted molar refractivity (Wildman–Crippen MR) is 45.1 cm³/mol. The molecule has 1 atom stereocenters. The number of carbonyl (C=O) groups excluding carboxylic acids is 1. The zero-order chi connectivity index (χ0) is 9.84. The molecule has 4 heteroatoms. The maximum atomic E-state index is 11.0. The number of carboxylic acids is 1. The number of carboxylic acid groups (broad SMARTS) is 1. The fourth-order valence-corrected chi connectivity index (χ4v) is 1.37. The van der Waals surface area contributed by atoms with Crippen LogP contribution in [0.1, 0.15) is 19.3 Å². The highest BCUT2D eigenvalue weighted by molar-refractivity contribution is 5.88. The lowest BCUT2D eigenvalue weighted by atomic mass is 9.90. The van der Waals surface area contributed by atoms with E-state index in [1.807, 2.05) is 0 Å². The van der Waals surface area contributed by atoms with Gasteiger partial charge in [0, 0.05) is 5.57 Å². The monoisotopic (exact) mass is 184 g/mol. The Morgan fingerprint density at radius 1 is 1.62 bits per heavy atom. The van der Waals surface area contributed by atoms with E-state index in [0.29, 0.717) is 24.8 Å². The molecule has 0 amide bonds. The molecule has 0 bridgehead atoms. The highest BCUT2D eigenvalue weighted by atomic mass is 16.5. The summed E-state index contributed by atoms with van der Waals surface area (Å²) in [6.45, 7) is 0. The van der Waals surface area contributed by atoms with Gasteiger partial charge in [-0.1, -0.05) is 6.08 Å². The summed E-state index contributed by atoms with van der Waals surface area (Å²) in [4.78, 5) is 21.6. The first kappa shape index (κ1) is 9.77. The molecule has 0 aliphatic heterocycles. The molecule has 72 valence electrons.